The summed E-state index contributed by atoms with van der Waals surface area (Å²) in [5.74, 6) is -0.0396. The van der Waals surface area contributed by atoms with E-state index in [1.807, 2.05) is 30.3 Å². The van der Waals surface area contributed by atoms with Gasteiger partial charge in [-0.25, -0.2) is 8.42 Å². The molecule has 4 aromatic carbocycles. The Hall–Kier alpha value is -3.29. The van der Waals surface area contributed by atoms with Crippen LogP contribution < -0.4 is 4.72 Å². The van der Waals surface area contributed by atoms with Gasteiger partial charge in [-0.3, -0.25) is 9.52 Å². The Labute approximate surface area is 184 Å². The first-order valence-corrected chi connectivity index (χ1v) is 11.8. The molecule has 0 spiro atoms. The number of phenolic OH excluding ortho intramolecular Hbond substituents is 1. The minimum atomic E-state index is -3.90. The van der Waals surface area contributed by atoms with Gasteiger partial charge in [0.1, 0.15) is 5.75 Å². The molecule has 0 aromatic heterocycles. The second kappa shape index (κ2) is 8.45. The Kier molecular flexibility index (Phi) is 5.71. The molecule has 0 aliphatic heterocycles. The molecule has 2 N–H and O–H groups in total. The van der Waals surface area contributed by atoms with Crippen molar-refractivity contribution < 1.29 is 18.3 Å². The van der Waals surface area contributed by atoms with E-state index < -0.39 is 10.0 Å². The van der Waals surface area contributed by atoms with Crippen LogP contribution in [-0.4, -0.2) is 19.3 Å². The number of rotatable bonds is 6. The van der Waals surface area contributed by atoms with Crippen LogP contribution in [-0.2, 0) is 10.0 Å². The maximum Gasteiger partial charge on any atom is 0.261 e. The van der Waals surface area contributed by atoms with Crippen LogP contribution in [0.2, 0.25) is 0 Å². The summed E-state index contributed by atoms with van der Waals surface area (Å²) < 4.78 is 28.7. The Morgan fingerprint density at radius 3 is 2.13 bits per heavy atom. The minimum absolute atomic E-state index is 0.0481. The lowest BCUT2D eigenvalue weighted by molar-refractivity contribution is 0.101. The molecule has 0 radical (unpaired) electrons. The number of aromatic hydroxyl groups is 1. The molecule has 0 atom stereocenters. The highest BCUT2D eigenvalue weighted by atomic mass is 32.2. The summed E-state index contributed by atoms with van der Waals surface area (Å²) in [5, 5.41) is 11.9. The molecule has 31 heavy (non-hydrogen) atoms. The van der Waals surface area contributed by atoms with Crippen LogP contribution in [0.5, 0.6) is 5.75 Å². The predicted octanol–water partition coefficient (Wildman–Crippen LogP) is 5.70. The summed E-state index contributed by atoms with van der Waals surface area (Å²) in [5.41, 5.74) is 0.804. The second-order valence-corrected chi connectivity index (χ2v) is 9.72. The minimum Gasteiger partial charge on any atom is -0.506 e. The van der Waals surface area contributed by atoms with Crippen molar-refractivity contribution in [3.8, 4) is 5.75 Å². The first kappa shape index (κ1) is 21.0. The number of hydrogen-bond donors (Lipinski definition) is 2. The Morgan fingerprint density at radius 1 is 0.871 bits per heavy atom. The zero-order valence-electron chi connectivity index (χ0n) is 16.6. The summed E-state index contributed by atoms with van der Waals surface area (Å²) in [6.45, 7) is 1.43. The maximum atomic E-state index is 13.0. The maximum absolute atomic E-state index is 13.0. The molecule has 0 aliphatic rings. The lowest BCUT2D eigenvalue weighted by Crippen LogP contribution is -2.13. The molecule has 0 amide bonds. The number of benzene rings is 4. The third-order valence-electron chi connectivity index (χ3n) is 4.77. The molecule has 156 valence electrons. The predicted molar refractivity (Wildman–Crippen MR) is 123 cm³/mol. The van der Waals surface area contributed by atoms with Crippen LogP contribution in [0.1, 0.15) is 17.3 Å². The van der Waals surface area contributed by atoms with E-state index in [9.17, 15) is 18.3 Å². The number of hydrogen-bond acceptors (Lipinski definition) is 5. The number of nitrogens with one attached hydrogen (secondary N) is 1. The second-order valence-electron chi connectivity index (χ2n) is 6.92. The number of anilines is 1. The summed E-state index contributed by atoms with van der Waals surface area (Å²) in [6, 6.07) is 24.0. The lowest BCUT2D eigenvalue weighted by Gasteiger charge is -2.15. The summed E-state index contributed by atoms with van der Waals surface area (Å²) in [4.78, 5) is 13.0. The smallest absolute Gasteiger partial charge is 0.261 e. The van der Waals surface area contributed by atoms with E-state index in [0.29, 0.717) is 26.9 Å². The molecule has 4 aromatic rings. The van der Waals surface area contributed by atoms with Crippen molar-refractivity contribution in [3.63, 3.8) is 0 Å². The third kappa shape index (κ3) is 4.42. The van der Waals surface area contributed by atoms with Crippen LogP contribution >= 0.6 is 11.8 Å². The van der Waals surface area contributed by atoms with E-state index in [-0.39, 0.29) is 16.4 Å². The molecule has 0 saturated carbocycles. The van der Waals surface area contributed by atoms with Crippen molar-refractivity contribution in [2.75, 3.05) is 4.72 Å². The average molecular weight is 450 g/mol. The van der Waals surface area contributed by atoms with Crippen LogP contribution in [0.3, 0.4) is 0 Å². The molecular weight excluding hydrogens is 430 g/mol. The number of sulfonamides is 1. The molecule has 0 heterocycles. The molecule has 4 rings (SSSR count). The van der Waals surface area contributed by atoms with Gasteiger partial charge in [0, 0.05) is 21.2 Å². The van der Waals surface area contributed by atoms with E-state index in [2.05, 4.69) is 4.72 Å². The summed E-state index contributed by atoms with van der Waals surface area (Å²) in [6.07, 6.45) is 0. The normalized spacial score (nSPS) is 11.4. The fourth-order valence-electron chi connectivity index (χ4n) is 3.18. The lowest BCUT2D eigenvalue weighted by atomic mass is 10.1. The highest BCUT2D eigenvalue weighted by Crippen LogP contribution is 2.42. The molecule has 0 unspecified atom stereocenters. The molecule has 0 aliphatic carbocycles. The van der Waals surface area contributed by atoms with E-state index in [0.717, 1.165) is 4.90 Å². The number of carbonyl (C=O) groups excluding carboxylic acids is 1. The van der Waals surface area contributed by atoms with Crippen molar-refractivity contribution >= 4 is 44.0 Å². The van der Waals surface area contributed by atoms with E-state index >= 15 is 0 Å². The van der Waals surface area contributed by atoms with Crippen LogP contribution in [0.4, 0.5) is 5.69 Å². The Bertz CT molecular complexity index is 1370. The van der Waals surface area contributed by atoms with E-state index in [4.69, 9.17) is 0 Å². The van der Waals surface area contributed by atoms with Crippen molar-refractivity contribution in [1.29, 1.82) is 0 Å². The summed E-state index contributed by atoms with van der Waals surface area (Å²) >= 11 is 1.35. The molecule has 0 fully saturated rings. The van der Waals surface area contributed by atoms with Crippen molar-refractivity contribution in [3.05, 3.63) is 90.5 Å². The Morgan fingerprint density at radius 2 is 1.48 bits per heavy atom. The molecule has 0 saturated heterocycles. The largest absolute Gasteiger partial charge is 0.506 e. The number of carbonyl (C=O) groups is 1. The van der Waals surface area contributed by atoms with Crippen LogP contribution in [0.15, 0.2) is 99.6 Å². The quantitative estimate of drug-likeness (QED) is 0.291. The van der Waals surface area contributed by atoms with E-state index in [1.165, 1.54) is 43.0 Å². The SMILES string of the molecule is CC(=O)c1ccc(S(=O)(=O)Nc2cc(Sc3ccccc3)c(O)c3ccccc23)cc1. The van der Waals surface area contributed by atoms with Crippen molar-refractivity contribution in [2.24, 2.45) is 0 Å². The number of fused-ring (bicyclic) bond motifs is 1. The first-order chi connectivity index (χ1) is 14.8. The van der Waals surface area contributed by atoms with Gasteiger partial charge in [0.05, 0.1) is 15.5 Å². The monoisotopic (exact) mass is 449 g/mol. The highest BCUT2D eigenvalue weighted by molar-refractivity contribution is 7.99. The van der Waals surface area contributed by atoms with Gasteiger partial charge in [-0.15, -0.1) is 0 Å². The molecule has 0 bridgehead atoms. The Balaban J connectivity index is 1.77. The zero-order chi connectivity index (χ0) is 22.0. The van der Waals surface area contributed by atoms with Gasteiger partial charge in [-0.2, -0.15) is 0 Å². The van der Waals surface area contributed by atoms with Gasteiger partial charge in [-0.05, 0) is 37.3 Å². The molecular formula is C24H19NO4S2. The van der Waals surface area contributed by atoms with E-state index in [1.54, 1.807) is 30.3 Å². The summed E-state index contributed by atoms with van der Waals surface area (Å²) in [7, 11) is -3.90. The highest BCUT2D eigenvalue weighted by Gasteiger charge is 2.19. The van der Waals surface area contributed by atoms with Crippen LogP contribution in [0.25, 0.3) is 10.8 Å². The van der Waals surface area contributed by atoms with Gasteiger partial charge in [0.2, 0.25) is 0 Å². The van der Waals surface area contributed by atoms with Gasteiger partial charge in [0.25, 0.3) is 10.0 Å². The van der Waals surface area contributed by atoms with Gasteiger partial charge in [0.15, 0.2) is 5.78 Å². The zero-order valence-corrected chi connectivity index (χ0v) is 18.2. The first-order valence-electron chi connectivity index (χ1n) is 9.46. The molecule has 7 heteroatoms. The van der Waals surface area contributed by atoms with Gasteiger partial charge >= 0.3 is 0 Å². The van der Waals surface area contributed by atoms with Crippen molar-refractivity contribution in [2.45, 2.75) is 21.6 Å². The fourth-order valence-corrected chi connectivity index (χ4v) is 5.19. The van der Waals surface area contributed by atoms with Crippen LogP contribution in [0, 0.1) is 0 Å². The number of Topliss-reactive ketones (excluding diaryl/α,β-unsaturated/α-hetero) is 1. The third-order valence-corrected chi connectivity index (χ3v) is 7.19. The van der Waals surface area contributed by atoms with Crippen molar-refractivity contribution in [1.82, 2.24) is 0 Å². The number of ketones is 1. The fraction of sp³-hybridized carbons (Fsp3) is 0.0417. The van der Waals surface area contributed by atoms with Gasteiger partial charge < -0.3 is 5.11 Å². The molecule has 5 nitrogen and oxygen atoms in total. The van der Waals surface area contributed by atoms with Gasteiger partial charge in [-0.1, -0.05) is 66.4 Å². The standard InChI is InChI=1S/C24H19NO4S2/c1-16(26)17-11-13-19(14-12-17)31(28,29)25-22-15-23(30-18-7-3-2-4-8-18)24(27)21-10-6-5-9-20(21)22/h2-15,25,27H,1H3. The topological polar surface area (TPSA) is 83.5 Å². The number of phenols is 1. The average Bonchev–Trinajstić information content (AvgIpc) is 2.77.